The number of aromatic nitrogens is 2. The summed E-state index contributed by atoms with van der Waals surface area (Å²) in [7, 11) is 3.10. The highest BCUT2D eigenvalue weighted by Crippen LogP contribution is 2.36. The van der Waals surface area contributed by atoms with Gasteiger partial charge < -0.3 is 19.7 Å². The number of methoxy groups -OCH3 is 2. The van der Waals surface area contributed by atoms with Crippen molar-refractivity contribution < 1.29 is 19.1 Å². The van der Waals surface area contributed by atoms with E-state index in [1.807, 2.05) is 20.8 Å². The van der Waals surface area contributed by atoms with Crippen LogP contribution in [0.3, 0.4) is 0 Å². The lowest BCUT2D eigenvalue weighted by Crippen LogP contribution is -2.28. The van der Waals surface area contributed by atoms with E-state index in [0.29, 0.717) is 22.3 Å². The van der Waals surface area contributed by atoms with Crippen LogP contribution < -0.4 is 19.7 Å². The van der Waals surface area contributed by atoms with Crippen LogP contribution in [0.4, 0.5) is 10.8 Å². The van der Waals surface area contributed by atoms with Gasteiger partial charge in [-0.2, -0.15) is 0 Å². The van der Waals surface area contributed by atoms with E-state index in [9.17, 15) is 9.59 Å². The van der Waals surface area contributed by atoms with Crippen molar-refractivity contribution in [1.82, 2.24) is 10.2 Å². The van der Waals surface area contributed by atoms with Crippen LogP contribution in [0.5, 0.6) is 11.5 Å². The molecule has 1 saturated heterocycles. The maximum Gasteiger partial charge on any atom is 0.231 e. The first-order valence-corrected chi connectivity index (χ1v) is 9.72. The molecule has 1 aliphatic heterocycles. The lowest BCUT2D eigenvalue weighted by molar-refractivity contribution is -0.122. The number of carbonyl (C=O) groups is 2. The van der Waals surface area contributed by atoms with Crippen LogP contribution in [0.2, 0.25) is 0 Å². The van der Waals surface area contributed by atoms with Gasteiger partial charge in [-0.05, 0) is 12.1 Å². The fourth-order valence-corrected chi connectivity index (χ4v) is 3.71. The van der Waals surface area contributed by atoms with Gasteiger partial charge in [0.05, 0.1) is 25.8 Å². The Bertz CT molecular complexity index is 890. The molecule has 28 heavy (non-hydrogen) atoms. The smallest absolute Gasteiger partial charge is 0.231 e. The number of amides is 2. The molecule has 0 saturated carbocycles. The van der Waals surface area contributed by atoms with Gasteiger partial charge >= 0.3 is 0 Å². The summed E-state index contributed by atoms with van der Waals surface area (Å²) in [4.78, 5) is 26.8. The Morgan fingerprint density at radius 2 is 2.00 bits per heavy atom. The van der Waals surface area contributed by atoms with Crippen LogP contribution in [0.15, 0.2) is 18.2 Å². The molecule has 1 fully saturated rings. The molecule has 1 aromatic carbocycles. The first-order valence-electron chi connectivity index (χ1n) is 8.90. The largest absolute Gasteiger partial charge is 0.497 e. The summed E-state index contributed by atoms with van der Waals surface area (Å²) in [6, 6.07) is 5.23. The zero-order valence-electron chi connectivity index (χ0n) is 16.6. The zero-order chi connectivity index (χ0) is 20.5. The molecule has 8 nitrogen and oxygen atoms in total. The minimum Gasteiger partial charge on any atom is -0.497 e. The lowest BCUT2D eigenvalue weighted by atomic mass is 9.98. The molecule has 1 N–H and O–H groups in total. The standard InChI is InChI=1S/C19H24N4O4S/c1-19(2,3)17-21-22-18(28-17)20-16(25)11-8-15(24)23(10-11)13-7-6-12(26-4)9-14(13)27-5/h6-7,9,11H,8,10H2,1-5H3,(H,20,22,25)/t11-/m1/s1. The van der Waals surface area contributed by atoms with Gasteiger partial charge in [0, 0.05) is 24.4 Å². The van der Waals surface area contributed by atoms with Gasteiger partial charge in [0.2, 0.25) is 16.9 Å². The molecule has 3 rings (SSSR count). The number of hydrogen-bond donors (Lipinski definition) is 1. The highest BCUT2D eigenvalue weighted by atomic mass is 32.1. The van der Waals surface area contributed by atoms with E-state index in [1.54, 1.807) is 30.2 Å². The van der Waals surface area contributed by atoms with Gasteiger partial charge in [0.25, 0.3) is 0 Å². The second kappa shape index (κ2) is 7.75. The Balaban J connectivity index is 1.72. The first kappa shape index (κ1) is 20.1. The van der Waals surface area contributed by atoms with Gasteiger partial charge in [-0.25, -0.2) is 0 Å². The molecule has 150 valence electrons. The molecule has 1 aromatic heterocycles. The lowest BCUT2D eigenvalue weighted by Gasteiger charge is -2.20. The maximum absolute atomic E-state index is 12.6. The fraction of sp³-hybridized carbons (Fsp3) is 0.474. The van der Waals surface area contributed by atoms with Crippen molar-refractivity contribution in [1.29, 1.82) is 0 Å². The third kappa shape index (κ3) is 4.09. The fourth-order valence-electron chi connectivity index (χ4n) is 2.91. The average molecular weight is 404 g/mol. The number of nitrogens with zero attached hydrogens (tertiary/aromatic N) is 3. The van der Waals surface area contributed by atoms with Crippen LogP contribution in [-0.4, -0.2) is 42.8 Å². The summed E-state index contributed by atoms with van der Waals surface area (Å²) in [5.74, 6) is 0.317. The number of ether oxygens (including phenoxy) is 2. The summed E-state index contributed by atoms with van der Waals surface area (Å²) >= 11 is 1.35. The van der Waals surface area contributed by atoms with Gasteiger partial charge in [-0.1, -0.05) is 32.1 Å². The average Bonchev–Trinajstić information content (AvgIpc) is 3.27. The van der Waals surface area contributed by atoms with Crippen LogP contribution in [0.25, 0.3) is 0 Å². The SMILES string of the molecule is COc1ccc(N2C[C@H](C(=O)Nc3nnc(C(C)(C)C)s3)CC2=O)c(OC)c1. The highest BCUT2D eigenvalue weighted by molar-refractivity contribution is 7.15. The molecule has 9 heteroatoms. The molecular formula is C19H24N4O4S. The van der Waals surface area contributed by atoms with Crippen molar-refractivity contribution >= 4 is 34.0 Å². The van der Waals surface area contributed by atoms with Crippen LogP contribution in [0.1, 0.15) is 32.2 Å². The molecule has 2 amide bonds. The summed E-state index contributed by atoms with van der Waals surface area (Å²) in [5.41, 5.74) is 0.487. The first-order chi connectivity index (χ1) is 13.2. The quantitative estimate of drug-likeness (QED) is 0.824. The summed E-state index contributed by atoms with van der Waals surface area (Å²) < 4.78 is 10.6. The molecule has 0 radical (unpaired) electrons. The normalized spacial score (nSPS) is 17.0. The number of carbonyl (C=O) groups excluding carboxylic acids is 2. The van der Waals surface area contributed by atoms with E-state index >= 15 is 0 Å². The molecule has 1 aliphatic rings. The zero-order valence-corrected chi connectivity index (χ0v) is 17.4. The maximum atomic E-state index is 12.6. The van der Waals surface area contributed by atoms with Crippen molar-refractivity contribution in [3.8, 4) is 11.5 Å². The van der Waals surface area contributed by atoms with Gasteiger partial charge in [-0.3, -0.25) is 9.59 Å². The molecule has 0 unspecified atom stereocenters. The number of nitrogens with one attached hydrogen (secondary N) is 1. The summed E-state index contributed by atoms with van der Waals surface area (Å²) in [5, 5.41) is 12.3. The summed E-state index contributed by atoms with van der Waals surface area (Å²) in [6.07, 6.45) is 0.131. The third-order valence-electron chi connectivity index (χ3n) is 4.47. The minimum atomic E-state index is -0.471. The number of benzene rings is 1. The van der Waals surface area contributed by atoms with Crippen LogP contribution >= 0.6 is 11.3 Å². The predicted octanol–water partition coefficient (Wildman–Crippen LogP) is 2.84. The van der Waals surface area contributed by atoms with Crippen molar-refractivity contribution in [2.24, 2.45) is 5.92 Å². The molecule has 0 spiro atoms. The number of anilines is 2. The monoisotopic (exact) mass is 404 g/mol. The molecule has 0 bridgehead atoms. The van der Waals surface area contributed by atoms with E-state index in [4.69, 9.17) is 9.47 Å². The van der Waals surface area contributed by atoms with Crippen molar-refractivity contribution in [2.45, 2.75) is 32.6 Å². The van der Waals surface area contributed by atoms with E-state index in [-0.39, 0.29) is 30.2 Å². The number of hydrogen-bond acceptors (Lipinski definition) is 7. The second-order valence-electron chi connectivity index (χ2n) is 7.59. The van der Waals surface area contributed by atoms with Crippen LogP contribution in [-0.2, 0) is 15.0 Å². The van der Waals surface area contributed by atoms with Gasteiger partial charge in [0.1, 0.15) is 16.5 Å². The predicted molar refractivity (Wildman–Crippen MR) is 107 cm³/mol. The Morgan fingerprint density at radius 3 is 2.61 bits per heavy atom. The summed E-state index contributed by atoms with van der Waals surface area (Å²) in [6.45, 7) is 6.39. The molecule has 2 aromatic rings. The minimum absolute atomic E-state index is 0.128. The molecule has 0 aliphatic carbocycles. The van der Waals surface area contributed by atoms with E-state index < -0.39 is 5.92 Å². The van der Waals surface area contributed by atoms with Crippen molar-refractivity contribution in [3.63, 3.8) is 0 Å². The third-order valence-corrected chi connectivity index (χ3v) is 5.73. The molecule has 2 heterocycles. The Labute approximate surface area is 167 Å². The van der Waals surface area contributed by atoms with E-state index in [2.05, 4.69) is 15.5 Å². The van der Waals surface area contributed by atoms with Crippen molar-refractivity contribution in [3.05, 3.63) is 23.2 Å². The van der Waals surface area contributed by atoms with Gasteiger partial charge in [0.15, 0.2) is 0 Å². The van der Waals surface area contributed by atoms with Gasteiger partial charge in [-0.15, -0.1) is 10.2 Å². The van der Waals surface area contributed by atoms with Crippen molar-refractivity contribution in [2.75, 3.05) is 31.0 Å². The number of rotatable bonds is 5. The van der Waals surface area contributed by atoms with E-state index in [0.717, 1.165) is 5.01 Å². The Kier molecular flexibility index (Phi) is 5.55. The molecular weight excluding hydrogens is 380 g/mol. The topological polar surface area (TPSA) is 93.6 Å². The Hall–Kier alpha value is -2.68. The van der Waals surface area contributed by atoms with Crippen LogP contribution in [0, 0.1) is 5.92 Å². The Morgan fingerprint density at radius 1 is 1.25 bits per heavy atom. The second-order valence-corrected chi connectivity index (χ2v) is 8.57. The highest BCUT2D eigenvalue weighted by Gasteiger charge is 2.37. The molecule has 1 atom stereocenters. The van der Waals surface area contributed by atoms with E-state index in [1.165, 1.54) is 18.4 Å².